The lowest BCUT2D eigenvalue weighted by Crippen LogP contribution is -2.34. The molecule has 41 heavy (non-hydrogen) atoms. The Hall–Kier alpha value is -4.59. The summed E-state index contributed by atoms with van der Waals surface area (Å²) in [5.74, 6) is 1.07. The molecule has 0 saturated carbocycles. The Morgan fingerprint density at radius 2 is 2.00 bits per heavy atom. The number of nitrogens with one attached hydrogen (secondary N) is 4. The van der Waals surface area contributed by atoms with E-state index in [2.05, 4.69) is 47.3 Å². The monoisotopic (exact) mass is 565 g/mol. The van der Waals surface area contributed by atoms with E-state index in [1.807, 2.05) is 36.5 Å². The number of nitriles is 1. The SMILES string of the molecule is N#Cc1ccnc(C2CC(CC(=O)Nc3ccc4cc3CCc3cncc(c3)Nc3ncc(Cl)c(n3)N4)CCN2)c1. The third-order valence-electron chi connectivity index (χ3n) is 7.37. The third-order valence-corrected chi connectivity index (χ3v) is 7.65. The Labute approximate surface area is 242 Å². The Bertz CT molecular complexity index is 1640. The number of amides is 1. The van der Waals surface area contributed by atoms with E-state index in [9.17, 15) is 10.1 Å². The zero-order chi connectivity index (χ0) is 28.2. The van der Waals surface area contributed by atoms with Gasteiger partial charge in [-0.3, -0.25) is 14.8 Å². The fraction of sp³-hybridized carbons (Fsp3) is 0.267. The van der Waals surface area contributed by atoms with Gasteiger partial charge in [-0.05, 0) is 85.7 Å². The molecule has 3 aromatic heterocycles. The first-order valence-corrected chi connectivity index (χ1v) is 13.9. The number of pyridine rings is 2. The Balaban J connectivity index is 1.20. The van der Waals surface area contributed by atoms with Crippen molar-refractivity contribution in [1.82, 2.24) is 25.3 Å². The molecule has 2 aliphatic rings. The summed E-state index contributed by atoms with van der Waals surface area (Å²) in [5, 5.41) is 22.8. The molecule has 0 aliphatic carbocycles. The van der Waals surface area contributed by atoms with Gasteiger partial charge in [0, 0.05) is 36.2 Å². The number of aromatic nitrogens is 4. The van der Waals surface area contributed by atoms with Crippen LogP contribution in [0.5, 0.6) is 0 Å². The maximum Gasteiger partial charge on any atom is 0.229 e. The highest BCUT2D eigenvalue weighted by molar-refractivity contribution is 6.32. The van der Waals surface area contributed by atoms with Crippen molar-refractivity contribution in [3.63, 3.8) is 0 Å². The van der Waals surface area contributed by atoms with Crippen molar-refractivity contribution in [1.29, 1.82) is 5.26 Å². The quantitative estimate of drug-likeness (QED) is 0.254. The standard InChI is InChI=1S/C30H28ClN9O/c31-24-17-36-30-38-23-9-20(15-33-16-23)1-2-21-13-22(37-29(24)40-30)3-4-25(21)39-28(41)12-18-5-7-34-26(10-18)27-11-19(14-32)6-8-35-27/h3-4,6,8-9,11,13,15-18,26,34H,1-2,5,7,10,12H2,(H,39,41)(H2,36,37,38,40). The molecular formula is C30H28ClN9O. The first-order chi connectivity index (χ1) is 20.0. The number of anilines is 5. The number of hydrogen-bond donors (Lipinski definition) is 4. The van der Waals surface area contributed by atoms with E-state index in [4.69, 9.17) is 11.6 Å². The Kier molecular flexibility index (Phi) is 7.71. The highest BCUT2D eigenvalue weighted by atomic mass is 35.5. The summed E-state index contributed by atoms with van der Waals surface area (Å²) in [6.45, 7) is 0.794. The van der Waals surface area contributed by atoms with Crippen molar-refractivity contribution in [2.45, 2.75) is 38.1 Å². The molecule has 6 rings (SSSR count). The van der Waals surface area contributed by atoms with Crippen molar-refractivity contribution in [3.8, 4) is 6.07 Å². The normalized spacial score (nSPS) is 17.9. The summed E-state index contributed by atoms with van der Waals surface area (Å²) >= 11 is 6.38. The lowest BCUT2D eigenvalue weighted by atomic mass is 9.87. The van der Waals surface area contributed by atoms with E-state index in [0.717, 1.165) is 59.7 Å². The maximum absolute atomic E-state index is 13.3. The van der Waals surface area contributed by atoms with E-state index >= 15 is 0 Å². The van der Waals surface area contributed by atoms with Crippen LogP contribution in [0.4, 0.5) is 28.8 Å². The summed E-state index contributed by atoms with van der Waals surface area (Å²) in [6, 6.07) is 13.6. The predicted octanol–water partition coefficient (Wildman–Crippen LogP) is 5.45. The lowest BCUT2D eigenvalue weighted by molar-refractivity contribution is -0.117. The fourth-order valence-electron chi connectivity index (χ4n) is 5.33. The number of benzene rings is 1. The number of piperidine rings is 1. The van der Waals surface area contributed by atoms with Crippen LogP contribution in [-0.4, -0.2) is 32.4 Å². The molecule has 1 fully saturated rings. The van der Waals surface area contributed by atoms with Gasteiger partial charge in [-0.15, -0.1) is 0 Å². The molecule has 6 bridgehead atoms. The van der Waals surface area contributed by atoms with Crippen molar-refractivity contribution in [2.75, 3.05) is 22.5 Å². The molecule has 5 heterocycles. The van der Waals surface area contributed by atoms with E-state index in [0.29, 0.717) is 35.2 Å². The summed E-state index contributed by atoms with van der Waals surface area (Å²) in [4.78, 5) is 30.9. The summed E-state index contributed by atoms with van der Waals surface area (Å²) in [5.41, 5.74) is 5.84. The van der Waals surface area contributed by atoms with Crippen LogP contribution in [0, 0.1) is 17.2 Å². The molecule has 0 spiro atoms. The van der Waals surface area contributed by atoms with Crippen molar-refractivity contribution in [2.24, 2.45) is 5.92 Å². The summed E-state index contributed by atoms with van der Waals surface area (Å²) < 4.78 is 0. The van der Waals surface area contributed by atoms with Gasteiger partial charge in [0.25, 0.3) is 0 Å². The second-order valence-electron chi connectivity index (χ2n) is 10.3. The number of halogens is 1. The lowest BCUT2D eigenvalue weighted by Gasteiger charge is -2.30. The number of nitrogens with zero attached hydrogens (tertiary/aromatic N) is 5. The molecule has 4 aromatic rings. The van der Waals surface area contributed by atoms with Gasteiger partial charge in [-0.25, -0.2) is 4.98 Å². The van der Waals surface area contributed by atoms with Crippen LogP contribution >= 0.6 is 11.6 Å². The van der Waals surface area contributed by atoms with Crippen LogP contribution in [0.25, 0.3) is 0 Å². The smallest absolute Gasteiger partial charge is 0.229 e. The molecule has 206 valence electrons. The van der Waals surface area contributed by atoms with E-state index in [1.165, 1.54) is 0 Å². The average Bonchev–Trinajstić information content (AvgIpc) is 2.99. The van der Waals surface area contributed by atoms with Crippen molar-refractivity contribution < 1.29 is 4.79 Å². The summed E-state index contributed by atoms with van der Waals surface area (Å²) in [7, 11) is 0. The minimum absolute atomic E-state index is 0.0198. The molecule has 1 aromatic carbocycles. The average molecular weight is 566 g/mol. The molecule has 1 amide bonds. The van der Waals surface area contributed by atoms with Gasteiger partial charge in [0.1, 0.15) is 5.02 Å². The van der Waals surface area contributed by atoms with Gasteiger partial charge in [-0.2, -0.15) is 10.2 Å². The van der Waals surface area contributed by atoms with Crippen LogP contribution in [-0.2, 0) is 17.6 Å². The topological polar surface area (TPSA) is 141 Å². The molecule has 10 nitrogen and oxygen atoms in total. The van der Waals surface area contributed by atoms with E-state index in [1.54, 1.807) is 24.7 Å². The number of aryl methyl sites for hydroxylation is 2. The van der Waals surface area contributed by atoms with Gasteiger partial charge >= 0.3 is 0 Å². The fourth-order valence-corrected chi connectivity index (χ4v) is 5.47. The first-order valence-electron chi connectivity index (χ1n) is 13.5. The number of fused-ring (bicyclic) bond motifs is 6. The minimum atomic E-state index is -0.0226. The second kappa shape index (κ2) is 11.9. The van der Waals surface area contributed by atoms with Crippen molar-refractivity contribution >= 4 is 46.3 Å². The Morgan fingerprint density at radius 3 is 2.90 bits per heavy atom. The zero-order valence-electron chi connectivity index (χ0n) is 22.2. The second-order valence-corrected chi connectivity index (χ2v) is 10.7. The van der Waals surface area contributed by atoms with Gasteiger partial charge in [0.05, 0.1) is 35.4 Å². The maximum atomic E-state index is 13.3. The minimum Gasteiger partial charge on any atom is -0.339 e. The zero-order valence-corrected chi connectivity index (χ0v) is 22.9. The van der Waals surface area contributed by atoms with Crippen molar-refractivity contribution in [3.05, 3.63) is 88.6 Å². The highest BCUT2D eigenvalue weighted by Crippen LogP contribution is 2.31. The Morgan fingerprint density at radius 1 is 1.07 bits per heavy atom. The van der Waals surface area contributed by atoms with Crippen LogP contribution in [0.15, 0.2) is 61.2 Å². The molecule has 1 saturated heterocycles. The largest absolute Gasteiger partial charge is 0.339 e. The van der Waals surface area contributed by atoms with Gasteiger partial charge in [-0.1, -0.05) is 11.6 Å². The van der Waals surface area contributed by atoms with Gasteiger partial charge < -0.3 is 21.3 Å². The molecular weight excluding hydrogens is 538 g/mol. The van der Waals surface area contributed by atoms with Crippen LogP contribution in [0.3, 0.4) is 0 Å². The molecule has 2 aliphatic heterocycles. The number of carbonyl (C=O) groups is 1. The summed E-state index contributed by atoms with van der Waals surface area (Å²) in [6.07, 6.45) is 10.3. The molecule has 2 atom stereocenters. The molecule has 11 heteroatoms. The number of rotatable bonds is 4. The molecule has 4 N–H and O–H groups in total. The van der Waals surface area contributed by atoms with Crippen LogP contribution < -0.4 is 21.3 Å². The third kappa shape index (κ3) is 6.43. The highest BCUT2D eigenvalue weighted by Gasteiger charge is 2.26. The van der Waals surface area contributed by atoms with Crippen LogP contribution in [0.1, 0.15) is 47.7 Å². The van der Waals surface area contributed by atoms with Gasteiger partial charge in [0.2, 0.25) is 11.9 Å². The predicted molar refractivity (Wildman–Crippen MR) is 157 cm³/mol. The first kappa shape index (κ1) is 26.6. The molecule has 0 radical (unpaired) electrons. The number of hydrogen-bond acceptors (Lipinski definition) is 9. The van der Waals surface area contributed by atoms with Gasteiger partial charge in [0.15, 0.2) is 5.82 Å². The molecule has 2 unspecified atom stereocenters. The van der Waals surface area contributed by atoms with Crippen LogP contribution in [0.2, 0.25) is 5.02 Å². The van der Waals surface area contributed by atoms with E-state index in [-0.39, 0.29) is 17.9 Å². The number of carbonyl (C=O) groups excluding carboxylic acids is 1. The van der Waals surface area contributed by atoms with E-state index < -0.39 is 0 Å².